The normalized spacial score (nSPS) is 11.4. The number of carbonyl (C=O) groups is 1. The molecule has 27 heavy (non-hydrogen) atoms. The molecule has 0 atom stereocenters. The van der Waals surface area contributed by atoms with Crippen molar-refractivity contribution < 1.29 is 22.0 Å². The van der Waals surface area contributed by atoms with Crippen molar-refractivity contribution in [3.63, 3.8) is 0 Å². The Morgan fingerprint density at radius 1 is 1.07 bits per heavy atom. The Balaban J connectivity index is 1.87. The number of amides is 1. The molecule has 3 rings (SSSR count). The number of imidazole rings is 1. The zero-order chi connectivity index (χ0) is 19.8. The Hall–Kier alpha value is -2.49. The second-order valence-electron chi connectivity index (χ2n) is 5.30. The van der Waals surface area contributed by atoms with Crippen LogP contribution in [0.15, 0.2) is 53.8 Å². The van der Waals surface area contributed by atoms with E-state index < -0.39 is 32.5 Å². The molecule has 0 aliphatic rings. The van der Waals surface area contributed by atoms with Crippen LogP contribution in [0.3, 0.4) is 0 Å². The van der Waals surface area contributed by atoms with Crippen molar-refractivity contribution in [2.24, 2.45) is 0 Å². The second-order valence-corrected chi connectivity index (χ2v) is 7.83. The van der Waals surface area contributed by atoms with Gasteiger partial charge in [-0.3, -0.25) is 4.79 Å². The lowest BCUT2D eigenvalue weighted by molar-refractivity contribution is 0.0977. The first-order chi connectivity index (χ1) is 12.7. The van der Waals surface area contributed by atoms with Gasteiger partial charge in [-0.25, -0.2) is 26.9 Å². The smallest absolute Gasteiger partial charge is 0.285 e. The number of hydrogen-bond donors (Lipinski definition) is 1. The Labute approximate surface area is 162 Å². The summed E-state index contributed by atoms with van der Waals surface area (Å²) in [6.07, 6.45) is 2.47. The fraction of sp³-hybridized carbons (Fsp3) is 0. The number of hydrogen-bond acceptors (Lipinski definition) is 4. The molecule has 6 nitrogen and oxygen atoms in total. The molecule has 1 N–H and O–H groups in total. The van der Waals surface area contributed by atoms with Crippen molar-refractivity contribution in [3.05, 3.63) is 76.3 Å². The third-order valence-corrected chi connectivity index (χ3v) is 5.15. The summed E-state index contributed by atoms with van der Waals surface area (Å²) in [5.41, 5.74) is 0.213. The van der Waals surface area contributed by atoms with Crippen LogP contribution in [-0.4, -0.2) is 23.9 Å². The highest BCUT2D eigenvalue weighted by Crippen LogP contribution is 2.22. The summed E-state index contributed by atoms with van der Waals surface area (Å²) < 4.78 is 54.2. The standard InChI is InChI=1S/C16H9Cl2F2N3O3S/c17-9-3-10(18)5-12(4-9)23-7-14(21-8-23)16(24)22-27(25,26)15-6-11(19)1-2-13(15)20/h1-8H,(H,22,24). The van der Waals surface area contributed by atoms with Crippen molar-refractivity contribution in [2.75, 3.05) is 0 Å². The largest absolute Gasteiger partial charge is 0.305 e. The molecule has 2 aromatic carbocycles. The zero-order valence-electron chi connectivity index (χ0n) is 13.2. The number of sulfonamides is 1. The van der Waals surface area contributed by atoms with E-state index in [9.17, 15) is 22.0 Å². The minimum Gasteiger partial charge on any atom is -0.305 e. The fourth-order valence-electron chi connectivity index (χ4n) is 2.18. The van der Waals surface area contributed by atoms with E-state index in [0.717, 1.165) is 6.07 Å². The van der Waals surface area contributed by atoms with Gasteiger partial charge in [0.25, 0.3) is 15.9 Å². The van der Waals surface area contributed by atoms with Crippen LogP contribution >= 0.6 is 23.2 Å². The van der Waals surface area contributed by atoms with Crippen molar-refractivity contribution in [3.8, 4) is 5.69 Å². The van der Waals surface area contributed by atoms with Gasteiger partial charge >= 0.3 is 0 Å². The molecule has 1 heterocycles. The summed E-state index contributed by atoms with van der Waals surface area (Å²) in [6, 6.07) is 6.49. The van der Waals surface area contributed by atoms with E-state index in [4.69, 9.17) is 23.2 Å². The average molecular weight is 432 g/mol. The highest BCUT2D eigenvalue weighted by atomic mass is 35.5. The van der Waals surface area contributed by atoms with Crippen LogP contribution in [0.4, 0.5) is 8.78 Å². The number of benzene rings is 2. The number of nitrogens with one attached hydrogen (secondary N) is 1. The Morgan fingerprint density at radius 3 is 2.41 bits per heavy atom. The minimum atomic E-state index is -4.64. The number of rotatable bonds is 4. The zero-order valence-corrected chi connectivity index (χ0v) is 15.5. The number of nitrogens with zero attached hydrogens (tertiary/aromatic N) is 2. The van der Waals surface area contributed by atoms with E-state index in [1.165, 1.54) is 23.2 Å². The maximum absolute atomic E-state index is 13.7. The van der Waals surface area contributed by atoms with Crippen molar-refractivity contribution in [1.82, 2.24) is 14.3 Å². The van der Waals surface area contributed by atoms with Crippen LogP contribution in [0.1, 0.15) is 10.5 Å². The summed E-state index contributed by atoms with van der Waals surface area (Å²) >= 11 is 11.8. The van der Waals surface area contributed by atoms with Gasteiger partial charge in [-0.05, 0) is 36.4 Å². The van der Waals surface area contributed by atoms with E-state index in [1.54, 1.807) is 16.9 Å². The molecular weight excluding hydrogens is 423 g/mol. The summed E-state index contributed by atoms with van der Waals surface area (Å²) in [6.45, 7) is 0. The van der Waals surface area contributed by atoms with Gasteiger partial charge in [-0.1, -0.05) is 23.2 Å². The van der Waals surface area contributed by atoms with Crippen LogP contribution in [0.5, 0.6) is 0 Å². The Morgan fingerprint density at radius 2 is 1.74 bits per heavy atom. The van der Waals surface area contributed by atoms with Crippen molar-refractivity contribution in [1.29, 1.82) is 0 Å². The van der Waals surface area contributed by atoms with Gasteiger partial charge in [0.2, 0.25) is 0 Å². The molecule has 0 bridgehead atoms. The molecule has 0 aliphatic heterocycles. The topological polar surface area (TPSA) is 81.1 Å². The van der Waals surface area contributed by atoms with Gasteiger partial charge in [-0.15, -0.1) is 0 Å². The molecule has 0 fully saturated rings. The molecule has 3 aromatic rings. The Kier molecular flexibility index (Phi) is 5.18. The predicted octanol–water partition coefficient (Wildman–Crippen LogP) is 3.58. The number of aromatic nitrogens is 2. The molecule has 1 amide bonds. The SMILES string of the molecule is O=C(NS(=O)(=O)c1cc(F)ccc1F)c1cn(-c2cc(Cl)cc(Cl)c2)cn1. The van der Waals surface area contributed by atoms with Crippen LogP contribution in [-0.2, 0) is 10.0 Å². The van der Waals surface area contributed by atoms with E-state index in [1.807, 2.05) is 0 Å². The Bertz CT molecular complexity index is 1130. The summed E-state index contributed by atoms with van der Waals surface area (Å²) in [5, 5.41) is 0.697. The molecule has 0 unspecified atom stereocenters. The average Bonchev–Trinajstić information content (AvgIpc) is 3.06. The first-order valence-corrected chi connectivity index (χ1v) is 9.42. The quantitative estimate of drug-likeness (QED) is 0.684. The number of halogens is 4. The first kappa shape index (κ1) is 19.3. The lowest BCUT2D eigenvalue weighted by Gasteiger charge is -2.07. The minimum absolute atomic E-state index is 0.272. The van der Waals surface area contributed by atoms with Crippen molar-refractivity contribution in [2.45, 2.75) is 4.90 Å². The molecule has 0 radical (unpaired) electrons. The summed E-state index contributed by atoms with van der Waals surface area (Å²) in [7, 11) is -4.64. The van der Waals surface area contributed by atoms with Gasteiger partial charge in [0.05, 0.1) is 0 Å². The molecule has 140 valence electrons. The fourth-order valence-corrected chi connectivity index (χ4v) is 3.75. The maximum atomic E-state index is 13.7. The second kappa shape index (κ2) is 7.26. The molecule has 11 heteroatoms. The molecule has 0 saturated heterocycles. The monoisotopic (exact) mass is 431 g/mol. The molecular formula is C16H9Cl2F2N3O3S. The maximum Gasteiger partial charge on any atom is 0.285 e. The van der Waals surface area contributed by atoms with Gasteiger partial charge in [0, 0.05) is 21.9 Å². The van der Waals surface area contributed by atoms with Gasteiger partial charge < -0.3 is 4.57 Å². The third kappa shape index (κ3) is 4.26. The van der Waals surface area contributed by atoms with E-state index >= 15 is 0 Å². The summed E-state index contributed by atoms with van der Waals surface area (Å²) in [5.74, 6) is -3.28. The lowest BCUT2D eigenvalue weighted by Crippen LogP contribution is -2.31. The van der Waals surface area contributed by atoms with Crippen molar-refractivity contribution >= 4 is 39.1 Å². The highest BCUT2D eigenvalue weighted by molar-refractivity contribution is 7.90. The molecule has 0 spiro atoms. The lowest BCUT2D eigenvalue weighted by atomic mass is 10.3. The summed E-state index contributed by atoms with van der Waals surface area (Å²) in [4.78, 5) is 15.0. The predicted molar refractivity (Wildman–Crippen MR) is 94.6 cm³/mol. The van der Waals surface area contributed by atoms with E-state index in [0.29, 0.717) is 27.9 Å². The van der Waals surface area contributed by atoms with Crippen LogP contribution in [0, 0.1) is 11.6 Å². The molecule has 0 aliphatic carbocycles. The third-order valence-electron chi connectivity index (χ3n) is 3.37. The van der Waals surface area contributed by atoms with Gasteiger partial charge in [0.15, 0.2) is 0 Å². The number of carbonyl (C=O) groups excluding carboxylic acids is 1. The molecule has 1 aromatic heterocycles. The van der Waals surface area contributed by atoms with Gasteiger partial charge in [-0.2, -0.15) is 0 Å². The first-order valence-electron chi connectivity index (χ1n) is 7.18. The molecule has 0 saturated carbocycles. The van der Waals surface area contributed by atoms with Gasteiger partial charge in [0.1, 0.15) is 28.6 Å². The van der Waals surface area contributed by atoms with Crippen LogP contribution in [0.25, 0.3) is 5.69 Å². The van der Waals surface area contributed by atoms with Crippen LogP contribution < -0.4 is 4.72 Å². The van der Waals surface area contributed by atoms with E-state index in [-0.39, 0.29) is 5.69 Å². The van der Waals surface area contributed by atoms with Crippen LogP contribution in [0.2, 0.25) is 10.0 Å². The highest BCUT2D eigenvalue weighted by Gasteiger charge is 2.24. The van der Waals surface area contributed by atoms with E-state index in [2.05, 4.69) is 4.98 Å².